The molecule has 94 valence electrons. The van der Waals surface area contributed by atoms with Crippen molar-refractivity contribution in [1.29, 1.82) is 0 Å². The van der Waals surface area contributed by atoms with Crippen molar-refractivity contribution in [2.45, 2.75) is 0 Å². The second kappa shape index (κ2) is 5.12. The molecule has 1 rings (SSSR count). The van der Waals surface area contributed by atoms with Gasteiger partial charge in [-0.2, -0.15) is 0 Å². The van der Waals surface area contributed by atoms with Gasteiger partial charge in [0.2, 0.25) is 5.91 Å². The largest absolute Gasteiger partial charge is 0.397 e. The minimum Gasteiger partial charge on any atom is -0.397 e. The Labute approximate surface area is 109 Å². The summed E-state index contributed by atoms with van der Waals surface area (Å²) in [5.41, 5.74) is 5.93. The van der Waals surface area contributed by atoms with E-state index >= 15 is 0 Å². The Morgan fingerprint density at radius 1 is 1.41 bits per heavy atom. The Balaban J connectivity index is 2.93. The molecule has 0 heterocycles. The summed E-state index contributed by atoms with van der Waals surface area (Å²) >= 11 is 11.5. The highest BCUT2D eigenvalue weighted by molar-refractivity contribution is 7.91. The standard InChI is InChI=1S/C9H10Cl2N2O3S/c1-17(15,16)4-8(14)13-9-6(11)2-5(10)3-7(9)12/h2-3H,4,12H2,1H3,(H,13,14). The van der Waals surface area contributed by atoms with Gasteiger partial charge in [0.1, 0.15) is 5.75 Å². The van der Waals surface area contributed by atoms with Crippen LogP contribution in [-0.4, -0.2) is 26.3 Å². The van der Waals surface area contributed by atoms with E-state index in [2.05, 4.69) is 5.32 Å². The third kappa shape index (κ3) is 4.41. The molecule has 0 saturated heterocycles. The minimum absolute atomic E-state index is 0.150. The first-order chi connectivity index (χ1) is 7.69. The summed E-state index contributed by atoms with van der Waals surface area (Å²) in [5.74, 6) is -1.34. The van der Waals surface area contributed by atoms with Gasteiger partial charge in [-0.1, -0.05) is 23.2 Å². The number of carbonyl (C=O) groups excluding carboxylic acids is 1. The molecular formula is C9H10Cl2N2O3S. The van der Waals surface area contributed by atoms with Crippen molar-refractivity contribution in [3.05, 3.63) is 22.2 Å². The lowest BCUT2D eigenvalue weighted by atomic mass is 10.2. The number of carbonyl (C=O) groups is 1. The molecule has 5 nitrogen and oxygen atoms in total. The van der Waals surface area contributed by atoms with E-state index in [1.54, 1.807) is 0 Å². The van der Waals surface area contributed by atoms with Crippen molar-refractivity contribution in [1.82, 2.24) is 0 Å². The minimum atomic E-state index is -3.40. The van der Waals surface area contributed by atoms with E-state index < -0.39 is 21.5 Å². The predicted octanol–water partition coefficient (Wildman–Crippen LogP) is 1.56. The molecule has 8 heteroatoms. The van der Waals surface area contributed by atoms with Crippen LogP contribution in [0.3, 0.4) is 0 Å². The van der Waals surface area contributed by atoms with E-state index in [-0.39, 0.29) is 16.4 Å². The predicted molar refractivity (Wildman–Crippen MR) is 69.2 cm³/mol. The number of halogens is 2. The van der Waals surface area contributed by atoms with Crippen LogP contribution in [0.15, 0.2) is 12.1 Å². The van der Waals surface area contributed by atoms with Crippen molar-refractivity contribution in [2.75, 3.05) is 23.1 Å². The number of nitrogens with one attached hydrogen (secondary N) is 1. The Bertz CT molecular complexity index is 534. The normalized spacial score (nSPS) is 11.2. The number of sulfone groups is 1. The number of hydrogen-bond acceptors (Lipinski definition) is 4. The first-order valence-electron chi connectivity index (χ1n) is 4.41. The van der Waals surface area contributed by atoms with Crippen LogP contribution in [0.4, 0.5) is 11.4 Å². The molecule has 0 unspecified atom stereocenters. The molecule has 0 spiro atoms. The highest BCUT2D eigenvalue weighted by atomic mass is 35.5. The van der Waals surface area contributed by atoms with Crippen LogP contribution < -0.4 is 11.1 Å². The van der Waals surface area contributed by atoms with E-state index in [0.717, 1.165) is 6.26 Å². The van der Waals surface area contributed by atoms with E-state index in [0.29, 0.717) is 5.02 Å². The molecule has 0 atom stereocenters. The molecule has 1 amide bonds. The first-order valence-corrected chi connectivity index (χ1v) is 7.23. The van der Waals surface area contributed by atoms with Gasteiger partial charge < -0.3 is 11.1 Å². The average Bonchev–Trinajstić information content (AvgIpc) is 2.08. The second-order valence-corrected chi connectivity index (χ2v) is 6.45. The SMILES string of the molecule is CS(=O)(=O)CC(=O)Nc1c(N)cc(Cl)cc1Cl. The van der Waals surface area contributed by atoms with Crippen LogP contribution in [0.2, 0.25) is 10.0 Å². The highest BCUT2D eigenvalue weighted by Crippen LogP contribution is 2.31. The maximum atomic E-state index is 11.4. The summed E-state index contributed by atoms with van der Waals surface area (Å²) in [7, 11) is -3.40. The van der Waals surface area contributed by atoms with Gasteiger partial charge in [0.15, 0.2) is 9.84 Å². The van der Waals surface area contributed by atoms with Crippen molar-refractivity contribution in [3.63, 3.8) is 0 Å². The number of nitrogens with two attached hydrogens (primary N) is 1. The number of nitrogen functional groups attached to an aromatic ring is 1. The lowest BCUT2D eigenvalue weighted by Crippen LogP contribution is -2.22. The van der Waals surface area contributed by atoms with Crippen molar-refractivity contribution >= 4 is 50.3 Å². The summed E-state index contributed by atoms with van der Waals surface area (Å²) < 4.78 is 21.8. The van der Waals surface area contributed by atoms with Gasteiger partial charge in [-0.25, -0.2) is 8.42 Å². The zero-order chi connectivity index (χ0) is 13.2. The van der Waals surface area contributed by atoms with Gasteiger partial charge >= 0.3 is 0 Å². The zero-order valence-corrected chi connectivity index (χ0v) is 11.2. The quantitative estimate of drug-likeness (QED) is 0.828. The third-order valence-corrected chi connectivity index (χ3v) is 3.05. The number of rotatable bonds is 3. The van der Waals surface area contributed by atoms with Crippen LogP contribution in [0.1, 0.15) is 0 Å². The Morgan fingerprint density at radius 2 is 2.00 bits per heavy atom. The van der Waals surface area contributed by atoms with E-state index in [4.69, 9.17) is 28.9 Å². The molecule has 0 aliphatic rings. The molecule has 3 N–H and O–H groups in total. The smallest absolute Gasteiger partial charge is 0.239 e. The fourth-order valence-electron chi connectivity index (χ4n) is 1.14. The fourth-order valence-corrected chi connectivity index (χ4v) is 2.24. The Hall–Kier alpha value is -0.980. The summed E-state index contributed by atoms with van der Waals surface area (Å²) in [6, 6.07) is 2.80. The van der Waals surface area contributed by atoms with Crippen LogP contribution in [0.5, 0.6) is 0 Å². The van der Waals surface area contributed by atoms with Gasteiger partial charge in [0.05, 0.1) is 16.4 Å². The fraction of sp³-hybridized carbons (Fsp3) is 0.222. The topological polar surface area (TPSA) is 89.3 Å². The maximum Gasteiger partial charge on any atom is 0.239 e. The first kappa shape index (κ1) is 14.1. The van der Waals surface area contributed by atoms with E-state index in [1.807, 2.05) is 0 Å². The van der Waals surface area contributed by atoms with Crippen molar-refractivity contribution < 1.29 is 13.2 Å². The van der Waals surface area contributed by atoms with Gasteiger partial charge in [-0.15, -0.1) is 0 Å². The average molecular weight is 297 g/mol. The highest BCUT2D eigenvalue weighted by Gasteiger charge is 2.14. The lowest BCUT2D eigenvalue weighted by molar-refractivity contribution is -0.113. The number of amides is 1. The van der Waals surface area contributed by atoms with Crippen LogP contribution in [-0.2, 0) is 14.6 Å². The molecule has 0 aliphatic carbocycles. The lowest BCUT2D eigenvalue weighted by Gasteiger charge is -2.10. The molecule has 0 aliphatic heterocycles. The number of anilines is 2. The molecule has 0 radical (unpaired) electrons. The van der Waals surface area contributed by atoms with Gasteiger partial charge in [-0.05, 0) is 12.1 Å². The van der Waals surface area contributed by atoms with E-state index in [1.165, 1.54) is 12.1 Å². The van der Waals surface area contributed by atoms with Crippen LogP contribution in [0.25, 0.3) is 0 Å². The van der Waals surface area contributed by atoms with Crippen LogP contribution in [0, 0.1) is 0 Å². The van der Waals surface area contributed by atoms with Crippen molar-refractivity contribution in [2.24, 2.45) is 0 Å². The molecule has 17 heavy (non-hydrogen) atoms. The molecule has 1 aromatic carbocycles. The molecule has 0 fully saturated rings. The summed E-state index contributed by atoms with van der Waals surface area (Å²) in [4.78, 5) is 11.4. The summed E-state index contributed by atoms with van der Waals surface area (Å²) in [6.07, 6.45) is 0.958. The summed E-state index contributed by atoms with van der Waals surface area (Å²) in [6.45, 7) is 0. The maximum absolute atomic E-state index is 11.4. The monoisotopic (exact) mass is 296 g/mol. The summed E-state index contributed by atoms with van der Waals surface area (Å²) in [5, 5.41) is 2.81. The molecule has 0 bridgehead atoms. The zero-order valence-electron chi connectivity index (χ0n) is 8.83. The Morgan fingerprint density at radius 3 is 2.47 bits per heavy atom. The van der Waals surface area contributed by atoms with E-state index in [9.17, 15) is 13.2 Å². The third-order valence-electron chi connectivity index (χ3n) is 1.74. The van der Waals surface area contributed by atoms with Gasteiger partial charge in [0, 0.05) is 11.3 Å². The molecule has 1 aromatic rings. The van der Waals surface area contributed by atoms with Crippen molar-refractivity contribution in [3.8, 4) is 0 Å². The Kier molecular flexibility index (Phi) is 4.24. The van der Waals surface area contributed by atoms with Crippen LogP contribution >= 0.6 is 23.2 Å². The van der Waals surface area contributed by atoms with Gasteiger partial charge in [-0.3, -0.25) is 4.79 Å². The second-order valence-electron chi connectivity index (χ2n) is 3.47. The number of benzene rings is 1. The van der Waals surface area contributed by atoms with Gasteiger partial charge in [0.25, 0.3) is 0 Å². The number of hydrogen-bond donors (Lipinski definition) is 2. The molecular weight excluding hydrogens is 287 g/mol. The molecule has 0 saturated carbocycles. The molecule has 0 aromatic heterocycles.